The topological polar surface area (TPSA) is 61.7 Å². The van der Waals surface area contributed by atoms with Crippen LogP contribution < -0.4 is 5.73 Å². The first-order valence-electron chi connectivity index (χ1n) is 5.94. The zero-order valence-electron chi connectivity index (χ0n) is 10.2. The summed E-state index contributed by atoms with van der Waals surface area (Å²) >= 11 is 0. The summed E-state index contributed by atoms with van der Waals surface area (Å²) in [6.07, 6.45) is 6.82. The van der Waals surface area contributed by atoms with E-state index in [1.807, 2.05) is 19.4 Å². The molecule has 5 nitrogen and oxygen atoms in total. The Morgan fingerprint density at radius 2 is 2.24 bits per heavy atom. The molecule has 5 heteroatoms. The van der Waals surface area contributed by atoms with Crippen molar-refractivity contribution in [3.8, 4) is 11.4 Å². The Balaban J connectivity index is 2.07. The largest absolute Gasteiger partial charge is 0.331 e. The van der Waals surface area contributed by atoms with Crippen LogP contribution in [0.5, 0.6) is 0 Å². The second kappa shape index (κ2) is 3.70. The van der Waals surface area contributed by atoms with E-state index in [1.165, 1.54) is 5.69 Å². The SMILES string of the molecule is Cn1cc(-c2nc3c(n2C)CCC(N)C3)cn1. The van der Waals surface area contributed by atoms with Crippen LogP contribution in [-0.2, 0) is 26.9 Å². The van der Waals surface area contributed by atoms with E-state index in [4.69, 9.17) is 10.7 Å². The van der Waals surface area contributed by atoms with Crippen molar-refractivity contribution in [2.75, 3.05) is 0 Å². The van der Waals surface area contributed by atoms with E-state index < -0.39 is 0 Å². The van der Waals surface area contributed by atoms with Crippen molar-refractivity contribution in [2.24, 2.45) is 19.8 Å². The molecule has 0 spiro atoms. The van der Waals surface area contributed by atoms with Crippen LogP contribution >= 0.6 is 0 Å². The lowest BCUT2D eigenvalue weighted by Gasteiger charge is -2.17. The number of imidazole rings is 1. The summed E-state index contributed by atoms with van der Waals surface area (Å²) in [5, 5.41) is 4.19. The third-order valence-electron chi connectivity index (χ3n) is 3.47. The molecule has 1 atom stereocenters. The average Bonchev–Trinajstić information content (AvgIpc) is 2.83. The van der Waals surface area contributed by atoms with Crippen molar-refractivity contribution in [2.45, 2.75) is 25.3 Å². The van der Waals surface area contributed by atoms with E-state index in [1.54, 1.807) is 4.68 Å². The van der Waals surface area contributed by atoms with Crippen molar-refractivity contribution in [3.05, 3.63) is 23.8 Å². The van der Waals surface area contributed by atoms with Gasteiger partial charge in [0, 0.05) is 38.4 Å². The van der Waals surface area contributed by atoms with Crippen molar-refractivity contribution < 1.29 is 0 Å². The quantitative estimate of drug-likeness (QED) is 0.783. The molecule has 0 aliphatic heterocycles. The summed E-state index contributed by atoms with van der Waals surface area (Å²) in [6, 6.07) is 0.263. The maximum absolute atomic E-state index is 5.99. The van der Waals surface area contributed by atoms with Gasteiger partial charge < -0.3 is 10.3 Å². The summed E-state index contributed by atoms with van der Waals surface area (Å²) in [7, 11) is 3.99. The molecule has 0 amide bonds. The first-order chi connectivity index (χ1) is 8.15. The molecule has 0 saturated carbocycles. The summed E-state index contributed by atoms with van der Waals surface area (Å²) in [4.78, 5) is 4.71. The second-order valence-corrected chi connectivity index (χ2v) is 4.79. The molecule has 1 aliphatic carbocycles. The Hall–Kier alpha value is -1.62. The Morgan fingerprint density at radius 3 is 2.94 bits per heavy atom. The lowest BCUT2D eigenvalue weighted by Crippen LogP contribution is -2.28. The van der Waals surface area contributed by atoms with Crippen LogP contribution in [-0.4, -0.2) is 25.4 Å². The van der Waals surface area contributed by atoms with Gasteiger partial charge in [-0.05, 0) is 12.8 Å². The molecule has 1 aliphatic rings. The van der Waals surface area contributed by atoms with Crippen LogP contribution in [0.15, 0.2) is 12.4 Å². The molecule has 0 radical (unpaired) electrons. The maximum atomic E-state index is 5.99. The highest BCUT2D eigenvalue weighted by molar-refractivity contribution is 5.55. The number of rotatable bonds is 1. The van der Waals surface area contributed by atoms with Crippen LogP contribution in [0.3, 0.4) is 0 Å². The molecular formula is C12H17N5. The predicted octanol–water partition coefficient (Wildman–Crippen LogP) is 0.637. The lowest BCUT2D eigenvalue weighted by molar-refractivity contribution is 0.554. The molecule has 90 valence electrons. The van der Waals surface area contributed by atoms with Crippen molar-refractivity contribution in [1.82, 2.24) is 19.3 Å². The number of nitrogens with two attached hydrogens (primary N) is 1. The summed E-state index contributed by atoms with van der Waals surface area (Å²) < 4.78 is 3.98. The molecule has 3 rings (SSSR count). The molecular weight excluding hydrogens is 214 g/mol. The van der Waals surface area contributed by atoms with Gasteiger partial charge >= 0.3 is 0 Å². The molecule has 2 heterocycles. The first-order valence-corrected chi connectivity index (χ1v) is 5.94. The number of fused-ring (bicyclic) bond motifs is 1. The highest BCUT2D eigenvalue weighted by Crippen LogP contribution is 2.26. The third-order valence-corrected chi connectivity index (χ3v) is 3.47. The van der Waals surface area contributed by atoms with Gasteiger partial charge in [-0.1, -0.05) is 0 Å². The molecule has 2 aromatic rings. The van der Waals surface area contributed by atoms with Gasteiger partial charge in [-0.25, -0.2) is 4.98 Å². The van der Waals surface area contributed by atoms with Crippen LogP contribution in [0.4, 0.5) is 0 Å². The Morgan fingerprint density at radius 1 is 1.41 bits per heavy atom. The van der Waals surface area contributed by atoms with Crippen molar-refractivity contribution >= 4 is 0 Å². The van der Waals surface area contributed by atoms with Crippen LogP contribution in [0.1, 0.15) is 17.8 Å². The number of nitrogens with zero attached hydrogens (tertiary/aromatic N) is 4. The van der Waals surface area contributed by atoms with E-state index in [2.05, 4.69) is 16.7 Å². The minimum atomic E-state index is 0.263. The maximum Gasteiger partial charge on any atom is 0.143 e. The van der Waals surface area contributed by atoms with Crippen molar-refractivity contribution in [1.29, 1.82) is 0 Å². The van der Waals surface area contributed by atoms with Gasteiger partial charge in [0.25, 0.3) is 0 Å². The van der Waals surface area contributed by atoms with Gasteiger partial charge in [0.2, 0.25) is 0 Å². The van der Waals surface area contributed by atoms with Gasteiger partial charge in [0.1, 0.15) is 5.82 Å². The fourth-order valence-electron chi connectivity index (χ4n) is 2.53. The minimum Gasteiger partial charge on any atom is -0.331 e. The van der Waals surface area contributed by atoms with E-state index in [9.17, 15) is 0 Å². The Kier molecular flexibility index (Phi) is 2.29. The normalized spacial score (nSPS) is 19.4. The van der Waals surface area contributed by atoms with E-state index in [0.717, 1.165) is 36.3 Å². The molecule has 0 bridgehead atoms. The number of aryl methyl sites for hydroxylation is 1. The second-order valence-electron chi connectivity index (χ2n) is 4.79. The van der Waals surface area contributed by atoms with E-state index in [0.29, 0.717) is 0 Å². The highest BCUT2D eigenvalue weighted by Gasteiger charge is 2.22. The molecule has 2 aromatic heterocycles. The number of hydrogen-bond acceptors (Lipinski definition) is 3. The van der Waals surface area contributed by atoms with Gasteiger partial charge in [0.15, 0.2) is 0 Å². The van der Waals surface area contributed by atoms with Crippen LogP contribution in [0.25, 0.3) is 11.4 Å². The van der Waals surface area contributed by atoms with Crippen LogP contribution in [0, 0.1) is 0 Å². The molecule has 1 unspecified atom stereocenters. The van der Waals surface area contributed by atoms with Gasteiger partial charge in [-0.15, -0.1) is 0 Å². The Bertz CT molecular complexity index is 551. The average molecular weight is 231 g/mol. The van der Waals surface area contributed by atoms with Gasteiger partial charge in [-0.2, -0.15) is 5.10 Å². The van der Waals surface area contributed by atoms with Crippen LogP contribution in [0.2, 0.25) is 0 Å². The molecule has 17 heavy (non-hydrogen) atoms. The zero-order valence-corrected chi connectivity index (χ0v) is 10.2. The third kappa shape index (κ3) is 1.67. The van der Waals surface area contributed by atoms with Gasteiger partial charge in [-0.3, -0.25) is 4.68 Å². The molecule has 0 fully saturated rings. The zero-order chi connectivity index (χ0) is 12.0. The highest BCUT2D eigenvalue weighted by atomic mass is 15.2. The Labute approximate surface area is 100 Å². The lowest BCUT2D eigenvalue weighted by atomic mass is 9.97. The fraction of sp³-hybridized carbons (Fsp3) is 0.500. The first kappa shape index (κ1) is 10.5. The molecule has 2 N–H and O–H groups in total. The number of hydrogen-bond donors (Lipinski definition) is 1. The number of aromatic nitrogens is 4. The molecule has 0 aromatic carbocycles. The van der Waals surface area contributed by atoms with E-state index >= 15 is 0 Å². The van der Waals surface area contributed by atoms with Crippen molar-refractivity contribution in [3.63, 3.8) is 0 Å². The summed E-state index contributed by atoms with van der Waals surface area (Å²) in [5.41, 5.74) is 9.54. The fourth-order valence-corrected chi connectivity index (χ4v) is 2.53. The molecule has 0 saturated heterocycles. The standard InChI is InChI=1S/C12H17N5/c1-16-7-8(6-14-16)12-15-10-5-9(13)3-4-11(10)17(12)2/h6-7,9H,3-5,13H2,1-2H3. The van der Waals surface area contributed by atoms with Gasteiger partial charge in [0.05, 0.1) is 17.5 Å². The summed E-state index contributed by atoms with van der Waals surface area (Å²) in [5.74, 6) is 0.997. The summed E-state index contributed by atoms with van der Waals surface area (Å²) in [6.45, 7) is 0. The monoisotopic (exact) mass is 231 g/mol. The minimum absolute atomic E-state index is 0.263. The van der Waals surface area contributed by atoms with E-state index in [-0.39, 0.29) is 6.04 Å². The smallest absolute Gasteiger partial charge is 0.143 e. The predicted molar refractivity (Wildman–Crippen MR) is 65.4 cm³/mol.